The van der Waals surface area contributed by atoms with Crippen LogP contribution in [-0.4, -0.2) is 10.8 Å². The second kappa shape index (κ2) is 4.98. The number of aromatic nitrogens is 1. The van der Waals surface area contributed by atoms with Gasteiger partial charge in [0.15, 0.2) is 5.78 Å². The van der Waals surface area contributed by atoms with Gasteiger partial charge in [0, 0.05) is 21.4 Å². The Kier molecular flexibility index (Phi) is 3.57. The first kappa shape index (κ1) is 12.9. The minimum atomic E-state index is -0.518. The van der Waals surface area contributed by atoms with Crippen molar-refractivity contribution in [3.63, 3.8) is 0 Å². The predicted octanol–water partition coefficient (Wildman–Crippen LogP) is 3.83. The Labute approximate surface area is 113 Å². The van der Waals surface area contributed by atoms with Crippen LogP contribution in [-0.2, 0) is 0 Å². The predicted molar refractivity (Wildman–Crippen MR) is 71.2 cm³/mol. The molecule has 0 unspecified atom stereocenters. The largest absolute Gasteiger partial charge is 0.288 e. The van der Waals surface area contributed by atoms with Crippen molar-refractivity contribution in [1.29, 1.82) is 0 Å². The van der Waals surface area contributed by atoms with E-state index in [1.165, 1.54) is 12.1 Å². The number of rotatable bonds is 2. The number of hydrogen-bond acceptors (Lipinski definition) is 2. The SMILES string of the molecule is Cc1cc(C(=O)c2cc(Br)ccc2F)cc(C)n1. The number of aryl methyl sites for hydroxylation is 2. The van der Waals surface area contributed by atoms with E-state index in [0.717, 1.165) is 11.4 Å². The van der Waals surface area contributed by atoms with Crippen LogP contribution < -0.4 is 0 Å². The molecule has 0 spiro atoms. The summed E-state index contributed by atoms with van der Waals surface area (Å²) >= 11 is 3.23. The Bertz CT molecular complexity index is 605. The summed E-state index contributed by atoms with van der Waals surface area (Å²) in [5.74, 6) is -0.849. The van der Waals surface area contributed by atoms with Crippen LogP contribution in [0, 0.1) is 19.7 Å². The first-order valence-electron chi connectivity index (χ1n) is 5.42. The van der Waals surface area contributed by atoms with Crippen LogP contribution in [0.25, 0.3) is 0 Å². The number of carbonyl (C=O) groups is 1. The van der Waals surface area contributed by atoms with Crippen LogP contribution in [0.5, 0.6) is 0 Å². The molecule has 0 bridgehead atoms. The molecule has 2 rings (SSSR count). The Balaban J connectivity index is 2.51. The summed E-state index contributed by atoms with van der Waals surface area (Å²) < 4.78 is 14.3. The van der Waals surface area contributed by atoms with Crippen LogP contribution in [0.1, 0.15) is 27.3 Å². The van der Waals surface area contributed by atoms with Gasteiger partial charge < -0.3 is 0 Å². The monoisotopic (exact) mass is 307 g/mol. The van der Waals surface area contributed by atoms with Crippen molar-refractivity contribution >= 4 is 21.7 Å². The Morgan fingerprint density at radius 3 is 2.39 bits per heavy atom. The highest BCUT2D eigenvalue weighted by molar-refractivity contribution is 9.10. The summed E-state index contributed by atoms with van der Waals surface area (Å²) in [6.45, 7) is 3.61. The Hall–Kier alpha value is -1.55. The maximum atomic E-state index is 13.6. The smallest absolute Gasteiger partial charge is 0.196 e. The zero-order chi connectivity index (χ0) is 13.3. The Morgan fingerprint density at radius 1 is 1.17 bits per heavy atom. The number of ketones is 1. The first-order valence-corrected chi connectivity index (χ1v) is 6.22. The number of pyridine rings is 1. The maximum absolute atomic E-state index is 13.6. The van der Waals surface area contributed by atoms with E-state index in [-0.39, 0.29) is 11.3 Å². The molecule has 4 heteroatoms. The standard InChI is InChI=1S/C14H11BrFNO/c1-8-5-10(6-9(2)17-8)14(18)12-7-11(15)3-4-13(12)16/h3-7H,1-2H3. The van der Waals surface area contributed by atoms with E-state index in [1.54, 1.807) is 32.0 Å². The lowest BCUT2D eigenvalue weighted by atomic mass is 10.0. The molecule has 2 aromatic rings. The van der Waals surface area contributed by atoms with E-state index in [2.05, 4.69) is 20.9 Å². The third kappa shape index (κ3) is 2.64. The van der Waals surface area contributed by atoms with Gasteiger partial charge in [-0.05, 0) is 44.2 Å². The minimum absolute atomic E-state index is 0.0642. The average molecular weight is 308 g/mol. The topological polar surface area (TPSA) is 30.0 Å². The van der Waals surface area contributed by atoms with Gasteiger partial charge in [-0.3, -0.25) is 9.78 Å². The second-order valence-corrected chi connectivity index (χ2v) is 5.01. The minimum Gasteiger partial charge on any atom is -0.288 e. The number of nitrogens with zero attached hydrogens (tertiary/aromatic N) is 1. The molecular weight excluding hydrogens is 297 g/mol. The van der Waals surface area contributed by atoms with Crippen molar-refractivity contribution in [2.45, 2.75) is 13.8 Å². The summed E-state index contributed by atoms with van der Waals surface area (Å²) in [5, 5.41) is 0. The molecule has 1 heterocycles. The summed E-state index contributed by atoms with van der Waals surface area (Å²) in [6, 6.07) is 7.65. The molecule has 1 aromatic carbocycles. The molecule has 0 saturated carbocycles. The lowest BCUT2D eigenvalue weighted by Crippen LogP contribution is -2.06. The molecule has 0 radical (unpaired) electrons. The second-order valence-electron chi connectivity index (χ2n) is 4.09. The van der Waals surface area contributed by atoms with Gasteiger partial charge in [-0.1, -0.05) is 15.9 Å². The molecule has 2 nitrogen and oxygen atoms in total. The molecule has 0 aliphatic heterocycles. The molecule has 0 N–H and O–H groups in total. The molecule has 92 valence electrons. The first-order chi connectivity index (χ1) is 8.47. The van der Waals surface area contributed by atoms with E-state index >= 15 is 0 Å². The molecule has 0 saturated heterocycles. The molecule has 0 atom stereocenters. The summed E-state index contributed by atoms with van der Waals surface area (Å²) in [5.41, 5.74) is 2.01. The summed E-state index contributed by atoms with van der Waals surface area (Å²) in [4.78, 5) is 16.4. The highest BCUT2D eigenvalue weighted by Crippen LogP contribution is 2.19. The van der Waals surface area contributed by atoms with Crippen molar-refractivity contribution in [2.24, 2.45) is 0 Å². The van der Waals surface area contributed by atoms with Crippen molar-refractivity contribution in [3.8, 4) is 0 Å². The van der Waals surface area contributed by atoms with Gasteiger partial charge in [-0.2, -0.15) is 0 Å². The zero-order valence-electron chi connectivity index (χ0n) is 10.00. The van der Waals surface area contributed by atoms with Gasteiger partial charge in [0.25, 0.3) is 0 Å². The van der Waals surface area contributed by atoms with Crippen molar-refractivity contribution in [1.82, 2.24) is 4.98 Å². The quantitative estimate of drug-likeness (QED) is 0.789. The lowest BCUT2D eigenvalue weighted by molar-refractivity contribution is 0.103. The van der Waals surface area contributed by atoms with Crippen LogP contribution >= 0.6 is 15.9 Å². The molecule has 1 aromatic heterocycles. The number of carbonyl (C=O) groups excluding carboxylic acids is 1. The fraction of sp³-hybridized carbons (Fsp3) is 0.143. The van der Waals surface area contributed by atoms with Crippen LogP contribution in [0.4, 0.5) is 4.39 Å². The van der Waals surface area contributed by atoms with Crippen molar-refractivity contribution in [3.05, 3.63) is 63.1 Å². The van der Waals surface area contributed by atoms with Crippen LogP contribution in [0.15, 0.2) is 34.8 Å². The van der Waals surface area contributed by atoms with E-state index in [0.29, 0.717) is 10.0 Å². The van der Waals surface area contributed by atoms with Gasteiger partial charge in [-0.15, -0.1) is 0 Å². The third-order valence-electron chi connectivity index (χ3n) is 2.52. The van der Waals surface area contributed by atoms with Gasteiger partial charge in [-0.25, -0.2) is 4.39 Å². The highest BCUT2D eigenvalue weighted by Gasteiger charge is 2.15. The summed E-state index contributed by atoms with van der Waals surface area (Å²) in [7, 11) is 0. The number of benzene rings is 1. The van der Waals surface area contributed by atoms with Gasteiger partial charge in [0.2, 0.25) is 0 Å². The highest BCUT2D eigenvalue weighted by atomic mass is 79.9. The van der Waals surface area contributed by atoms with Crippen molar-refractivity contribution in [2.75, 3.05) is 0 Å². The Morgan fingerprint density at radius 2 is 1.78 bits per heavy atom. The average Bonchev–Trinajstić information content (AvgIpc) is 2.30. The van der Waals surface area contributed by atoms with E-state index in [9.17, 15) is 9.18 Å². The molecule has 0 aliphatic carbocycles. The number of hydrogen-bond donors (Lipinski definition) is 0. The molecule has 0 aliphatic rings. The van der Waals surface area contributed by atoms with Gasteiger partial charge >= 0.3 is 0 Å². The zero-order valence-corrected chi connectivity index (χ0v) is 11.6. The fourth-order valence-corrected chi connectivity index (χ4v) is 2.15. The molecule has 0 fully saturated rings. The van der Waals surface area contributed by atoms with Gasteiger partial charge in [0.05, 0.1) is 5.56 Å². The van der Waals surface area contributed by atoms with E-state index < -0.39 is 5.82 Å². The molecular formula is C14H11BrFNO. The van der Waals surface area contributed by atoms with Gasteiger partial charge in [0.1, 0.15) is 5.82 Å². The third-order valence-corrected chi connectivity index (χ3v) is 3.01. The van der Waals surface area contributed by atoms with Crippen molar-refractivity contribution < 1.29 is 9.18 Å². The normalized spacial score (nSPS) is 10.4. The number of halogens is 2. The maximum Gasteiger partial charge on any atom is 0.196 e. The molecule has 0 amide bonds. The van der Waals surface area contributed by atoms with Crippen LogP contribution in [0.2, 0.25) is 0 Å². The van der Waals surface area contributed by atoms with E-state index in [1.807, 2.05) is 0 Å². The van der Waals surface area contributed by atoms with Crippen LogP contribution in [0.3, 0.4) is 0 Å². The summed E-state index contributed by atoms with van der Waals surface area (Å²) in [6.07, 6.45) is 0. The lowest BCUT2D eigenvalue weighted by Gasteiger charge is -2.05. The fourth-order valence-electron chi connectivity index (χ4n) is 1.79. The van der Waals surface area contributed by atoms with E-state index in [4.69, 9.17) is 0 Å². The molecule has 18 heavy (non-hydrogen) atoms.